The molecule has 0 aliphatic heterocycles. The topological polar surface area (TPSA) is 26.3 Å². The molecule has 0 atom stereocenters. The summed E-state index contributed by atoms with van der Waals surface area (Å²) in [6, 6.07) is 0. The number of hydrogen-bond acceptors (Lipinski definition) is 2. The van der Waals surface area contributed by atoms with Crippen molar-refractivity contribution >= 4 is 5.97 Å². The molecule has 0 aromatic carbocycles. The molecule has 0 aromatic rings. The molecule has 0 aromatic heterocycles. The highest BCUT2D eigenvalue weighted by molar-refractivity contribution is 5.81. The largest absolute Gasteiger partial charge is 0.463 e. The zero-order chi connectivity index (χ0) is 12.4. The third kappa shape index (κ3) is 11.3. The fraction of sp³-hybridized carbons (Fsp3) is 0.786. The molecule has 0 aliphatic rings. The van der Waals surface area contributed by atoms with Crippen molar-refractivity contribution in [1.82, 2.24) is 0 Å². The molecule has 0 saturated carbocycles. The first-order valence-corrected chi connectivity index (χ1v) is 6.31. The summed E-state index contributed by atoms with van der Waals surface area (Å²) in [5.74, 6) is -0.217. The minimum Gasteiger partial charge on any atom is -0.463 e. The van der Waals surface area contributed by atoms with E-state index in [1.165, 1.54) is 25.3 Å². The van der Waals surface area contributed by atoms with Crippen LogP contribution in [0.5, 0.6) is 0 Å². The molecule has 0 aliphatic carbocycles. The molecular formula is C14H26O2. The van der Waals surface area contributed by atoms with Crippen molar-refractivity contribution in [3.63, 3.8) is 0 Å². The Morgan fingerprint density at radius 3 is 2.31 bits per heavy atom. The predicted octanol–water partition coefficient (Wildman–Crippen LogP) is 4.10. The van der Waals surface area contributed by atoms with Gasteiger partial charge in [-0.1, -0.05) is 59.5 Å². The lowest BCUT2D eigenvalue weighted by Crippen LogP contribution is -2.05. The van der Waals surface area contributed by atoms with Gasteiger partial charge in [-0.25, -0.2) is 4.79 Å². The van der Waals surface area contributed by atoms with Gasteiger partial charge in [0, 0.05) is 6.08 Å². The Hall–Kier alpha value is -0.790. The number of allylic oxidation sites excluding steroid dienone is 1. The zero-order valence-electron chi connectivity index (χ0n) is 11.2. The van der Waals surface area contributed by atoms with Crippen LogP contribution < -0.4 is 0 Å². The van der Waals surface area contributed by atoms with E-state index in [0.29, 0.717) is 6.61 Å². The molecule has 16 heavy (non-hydrogen) atoms. The van der Waals surface area contributed by atoms with Gasteiger partial charge in [0.1, 0.15) is 0 Å². The maximum Gasteiger partial charge on any atom is 0.330 e. The van der Waals surface area contributed by atoms with Crippen molar-refractivity contribution < 1.29 is 9.53 Å². The SMILES string of the molecule is CCCCCCCOC(=O)/C=C/C(C)(C)C. The molecule has 2 heteroatoms. The van der Waals surface area contributed by atoms with E-state index in [1.54, 1.807) is 0 Å². The van der Waals surface area contributed by atoms with Crippen LogP contribution in [-0.4, -0.2) is 12.6 Å². The summed E-state index contributed by atoms with van der Waals surface area (Å²) >= 11 is 0. The lowest BCUT2D eigenvalue weighted by molar-refractivity contribution is -0.137. The van der Waals surface area contributed by atoms with Crippen molar-refractivity contribution in [3.05, 3.63) is 12.2 Å². The van der Waals surface area contributed by atoms with Gasteiger partial charge < -0.3 is 4.74 Å². The first-order chi connectivity index (χ1) is 7.45. The Morgan fingerprint density at radius 2 is 1.75 bits per heavy atom. The predicted molar refractivity (Wildman–Crippen MR) is 68.3 cm³/mol. The summed E-state index contributed by atoms with van der Waals surface area (Å²) in [5, 5.41) is 0. The monoisotopic (exact) mass is 226 g/mol. The highest BCUT2D eigenvalue weighted by atomic mass is 16.5. The van der Waals surface area contributed by atoms with Crippen LogP contribution in [0.3, 0.4) is 0 Å². The third-order valence-electron chi connectivity index (χ3n) is 2.21. The average molecular weight is 226 g/mol. The van der Waals surface area contributed by atoms with Crippen LogP contribution in [-0.2, 0) is 9.53 Å². The highest BCUT2D eigenvalue weighted by Crippen LogP contribution is 2.14. The summed E-state index contributed by atoms with van der Waals surface area (Å²) in [6.07, 6.45) is 9.32. The molecule has 0 spiro atoms. The number of hydrogen-bond donors (Lipinski definition) is 0. The van der Waals surface area contributed by atoms with Crippen molar-refractivity contribution in [2.75, 3.05) is 6.61 Å². The van der Waals surface area contributed by atoms with E-state index < -0.39 is 0 Å². The van der Waals surface area contributed by atoms with Gasteiger partial charge in [-0.15, -0.1) is 0 Å². The fourth-order valence-corrected chi connectivity index (χ4v) is 1.24. The molecule has 2 nitrogen and oxygen atoms in total. The number of carbonyl (C=O) groups is 1. The molecule has 0 amide bonds. The van der Waals surface area contributed by atoms with Gasteiger partial charge in [0.15, 0.2) is 0 Å². The Kier molecular flexibility index (Phi) is 7.96. The number of carbonyl (C=O) groups excluding carboxylic acids is 1. The summed E-state index contributed by atoms with van der Waals surface area (Å²) < 4.78 is 5.09. The Labute approximate surface area is 100 Å². The first kappa shape index (κ1) is 15.2. The molecule has 0 heterocycles. The van der Waals surface area contributed by atoms with Crippen LogP contribution in [0, 0.1) is 5.41 Å². The number of rotatable bonds is 7. The lowest BCUT2D eigenvalue weighted by atomic mass is 9.96. The second-order valence-corrected chi connectivity index (χ2v) is 5.28. The van der Waals surface area contributed by atoms with Crippen molar-refractivity contribution in [2.24, 2.45) is 5.41 Å². The van der Waals surface area contributed by atoms with E-state index in [-0.39, 0.29) is 11.4 Å². The lowest BCUT2D eigenvalue weighted by Gasteiger charge is -2.10. The van der Waals surface area contributed by atoms with Crippen LogP contribution in [0.2, 0.25) is 0 Å². The molecule has 0 unspecified atom stereocenters. The van der Waals surface area contributed by atoms with E-state index in [2.05, 4.69) is 27.7 Å². The molecule has 94 valence electrons. The first-order valence-electron chi connectivity index (χ1n) is 6.31. The van der Waals surface area contributed by atoms with Crippen LogP contribution in [0.1, 0.15) is 59.8 Å². The molecule has 0 rings (SSSR count). The van der Waals surface area contributed by atoms with E-state index in [0.717, 1.165) is 12.8 Å². The van der Waals surface area contributed by atoms with E-state index in [4.69, 9.17) is 4.74 Å². The fourth-order valence-electron chi connectivity index (χ4n) is 1.24. The molecular weight excluding hydrogens is 200 g/mol. The Balaban J connectivity index is 3.48. The van der Waals surface area contributed by atoms with Crippen LogP contribution >= 0.6 is 0 Å². The minimum absolute atomic E-state index is 0.0418. The Morgan fingerprint density at radius 1 is 1.12 bits per heavy atom. The van der Waals surface area contributed by atoms with E-state index in [1.807, 2.05) is 6.08 Å². The zero-order valence-corrected chi connectivity index (χ0v) is 11.2. The highest BCUT2D eigenvalue weighted by Gasteiger charge is 2.05. The van der Waals surface area contributed by atoms with Gasteiger partial charge in [-0.3, -0.25) is 0 Å². The van der Waals surface area contributed by atoms with Gasteiger partial charge in [0.2, 0.25) is 0 Å². The molecule has 0 bridgehead atoms. The maximum absolute atomic E-state index is 11.3. The van der Waals surface area contributed by atoms with Crippen molar-refractivity contribution in [1.29, 1.82) is 0 Å². The summed E-state index contributed by atoms with van der Waals surface area (Å²) in [6.45, 7) is 8.92. The van der Waals surface area contributed by atoms with Crippen molar-refractivity contribution in [2.45, 2.75) is 59.8 Å². The normalized spacial score (nSPS) is 12.0. The van der Waals surface area contributed by atoms with Gasteiger partial charge in [0.05, 0.1) is 6.61 Å². The molecule has 0 N–H and O–H groups in total. The number of unbranched alkanes of at least 4 members (excludes halogenated alkanes) is 4. The number of esters is 1. The van der Waals surface area contributed by atoms with Gasteiger partial charge in [0.25, 0.3) is 0 Å². The van der Waals surface area contributed by atoms with E-state index >= 15 is 0 Å². The second-order valence-electron chi connectivity index (χ2n) is 5.28. The number of ether oxygens (including phenoxy) is 1. The molecule has 0 radical (unpaired) electrons. The maximum atomic E-state index is 11.3. The standard InChI is InChI=1S/C14H26O2/c1-5-6-7-8-9-12-16-13(15)10-11-14(2,3)4/h10-11H,5-9,12H2,1-4H3/b11-10+. The Bertz CT molecular complexity index is 211. The average Bonchev–Trinajstić information content (AvgIpc) is 2.19. The summed E-state index contributed by atoms with van der Waals surface area (Å²) in [5.41, 5.74) is 0.0418. The minimum atomic E-state index is -0.217. The summed E-state index contributed by atoms with van der Waals surface area (Å²) in [7, 11) is 0. The molecule has 0 saturated heterocycles. The van der Waals surface area contributed by atoms with Crippen LogP contribution in [0.25, 0.3) is 0 Å². The van der Waals surface area contributed by atoms with Gasteiger partial charge in [-0.2, -0.15) is 0 Å². The van der Waals surface area contributed by atoms with Gasteiger partial charge in [-0.05, 0) is 11.8 Å². The quantitative estimate of drug-likeness (QED) is 0.371. The van der Waals surface area contributed by atoms with Gasteiger partial charge >= 0.3 is 5.97 Å². The van der Waals surface area contributed by atoms with Crippen molar-refractivity contribution in [3.8, 4) is 0 Å². The summed E-state index contributed by atoms with van der Waals surface area (Å²) in [4.78, 5) is 11.3. The second kappa shape index (κ2) is 8.37. The third-order valence-corrected chi connectivity index (χ3v) is 2.21. The van der Waals surface area contributed by atoms with Crippen LogP contribution in [0.15, 0.2) is 12.2 Å². The van der Waals surface area contributed by atoms with E-state index in [9.17, 15) is 4.79 Å². The molecule has 0 fully saturated rings. The van der Waals surface area contributed by atoms with Crippen LogP contribution in [0.4, 0.5) is 0 Å². The smallest absolute Gasteiger partial charge is 0.330 e.